The van der Waals surface area contributed by atoms with Crippen molar-refractivity contribution in [3.8, 4) is 17.2 Å². The van der Waals surface area contributed by atoms with Crippen LogP contribution in [0.3, 0.4) is 0 Å². The van der Waals surface area contributed by atoms with Gasteiger partial charge in [0.1, 0.15) is 5.56 Å². The monoisotopic (exact) mass is 492 g/mol. The van der Waals surface area contributed by atoms with Crippen LogP contribution >= 0.6 is 15.9 Å². The van der Waals surface area contributed by atoms with Gasteiger partial charge < -0.3 is 29.5 Å². The summed E-state index contributed by atoms with van der Waals surface area (Å²) in [5, 5.41) is 26.3. The molecule has 0 aliphatic heterocycles. The summed E-state index contributed by atoms with van der Waals surface area (Å²) in [6.45, 7) is 5.80. The van der Waals surface area contributed by atoms with Gasteiger partial charge in [-0.3, -0.25) is 9.59 Å². The lowest BCUT2D eigenvalue weighted by Crippen LogP contribution is -2.24. The Morgan fingerprint density at radius 2 is 1.50 bits per heavy atom. The second kappa shape index (κ2) is 12.3. The van der Waals surface area contributed by atoms with E-state index in [1.807, 2.05) is 20.8 Å². The molecule has 0 aliphatic rings. The van der Waals surface area contributed by atoms with Gasteiger partial charge in [-0.2, -0.15) is 0 Å². The molecule has 0 amide bonds. The largest absolute Gasteiger partial charge is 0.495 e. The van der Waals surface area contributed by atoms with Crippen molar-refractivity contribution in [3.63, 3.8) is 0 Å². The molecule has 0 saturated carbocycles. The van der Waals surface area contributed by atoms with Crippen molar-refractivity contribution in [3.05, 3.63) is 16.1 Å². The third-order valence-electron chi connectivity index (χ3n) is 4.35. The number of carboxylic acid groups (broad SMARTS) is 3. The van der Waals surface area contributed by atoms with E-state index in [0.717, 1.165) is 0 Å². The van der Waals surface area contributed by atoms with E-state index < -0.39 is 17.9 Å². The van der Waals surface area contributed by atoms with Gasteiger partial charge in [0.15, 0.2) is 17.2 Å². The summed E-state index contributed by atoms with van der Waals surface area (Å²) in [6, 6.07) is 1.59. The number of aromatic carboxylic acids is 1. The molecule has 30 heavy (non-hydrogen) atoms. The average molecular weight is 493 g/mol. The van der Waals surface area contributed by atoms with Gasteiger partial charge >= 0.3 is 17.9 Å². The van der Waals surface area contributed by atoms with Crippen LogP contribution in [-0.4, -0.2) is 54.6 Å². The maximum absolute atomic E-state index is 11.1. The van der Waals surface area contributed by atoms with Gasteiger partial charge in [0.2, 0.25) is 0 Å². The zero-order valence-corrected chi connectivity index (χ0v) is 19.5. The minimum absolute atomic E-state index is 0.0369. The van der Waals surface area contributed by atoms with Crippen LogP contribution in [0.2, 0.25) is 0 Å². The Morgan fingerprint density at radius 3 is 1.83 bits per heavy atom. The van der Waals surface area contributed by atoms with E-state index in [9.17, 15) is 14.4 Å². The molecule has 0 aliphatic carbocycles. The molecule has 1 aromatic rings. The lowest BCUT2D eigenvalue weighted by Gasteiger charge is -2.29. The fraction of sp³-hybridized carbons (Fsp3) is 0.550. The van der Waals surface area contributed by atoms with Crippen LogP contribution in [0.4, 0.5) is 0 Å². The zero-order valence-electron chi connectivity index (χ0n) is 17.9. The molecule has 10 heteroatoms. The molecule has 0 heterocycles. The normalized spacial score (nSPS) is 11.6. The molecule has 3 N–H and O–H groups in total. The van der Waals surface area contributed by atoms with Crippen LogP contribution < -0.4 is 14.2 Å². The second-order valence-corrected chi connectivity index (χ2v) is 8.25. The maximum Gasteiger partial charge on any atom is 0.343 e. The summed E-state index contributed by atoms with van der Waals surface area (Å²) in [6.07, 6.45) is 0.497. The topological polar surface area (TPSA) is 140 Å². The van der Waals surface area contributed by atoms with E-state index in [0.29, 0.717) is 16.6 Å². The summed E-state index contributed by atoms with van der Waals surface area (Å²) >= 11 is 3.21. The van der Waals surface area contributed by atoms with Crippen LogP contribution in [0.25, 0.3) is 0 Å². The Morgan fingerprint density at radius 1 is 0.967 bits per heavy atom. The zero-order chi connectivity index (χ0) is 23.6. The average Bonchev–Trinajstić information content (AvgIpc) is 2.63. The number of methoxy groups -OCH3 is 3. The molecule has 1 aromatic carbocycles. The van der Waals surface area contributed by atoms with Crippen molar-refractivity contribution in [2.24, 2.45) is 11.3 Å². The van der Waals surface area contributed by atoms with E-state index >= 15 is 0 Å². The van der Waals surface area contributed by atoms with E-state index in [2.05, 4.69) is 15.9 Å². The van der Waals surface area contributed by atoms with E-state index in [1.165, 1.54) is 21.3 Å². The van der Waals surface area contributed by atoms with Crippen molar-refractivity contribution in [1.29, 1.82) is 0 Å². The van der Waals surface area contributed by atoms with Crippen LogP contribution in [-0.2, 0) is 9.59 Å². The molecule has 170 valence electrons. The van der Waals surface area contributed by atoms with Crippen molar-refractivity contribution >= 4 is 33.8 Å². The minimum atomic E-state index is -1.15. The molecule has 0 radical (unpaired) electrons. The number of ether oxygens (including phenoxy) is 3. The highest BCUT2D eigenvalue weighted by Gasteiger charge is 2.27. The number of carbonyl (C=O) groups is 3. The number of hydrogen-bond donors (Lipinski definition) is 3. The number of halogens is 1. The molecule has 1 unspecified atom stereocenters. The van der Waals surface area contributed by atoms with Gasteiger partial charge in [-0.1, -0.05) is 20.8 Å². The highest BCUT2D eigenvalue weighted by molar-refractivity contribution is 9.10. The van der Waals surface area contributed by atoms with Gasteiger partial charge in [0.05, 0.1) is 25.8 Å². The maximum atomic E-state index is 11.1. The number of hydrogen-bond acceptors (Lipinski definition) is 6. The molecule has 0 fully saturated rings. The SMILES string of the molecule is CC(C)(C)C(CCC(=O)O)CC(=O)O.COc1cc(Br)c(OC)c(C(=O)O)c1OC. The molecule has 0 aromatic heterocycles. The fourth-order valence-corrected chi connectivity index (χ4v) is 3.26. The lowest BCUT2D eigenvalue weighted by atomic mass is 9.76. The fourth-order valence-electron chi connectivity index (χ4n) is 2.69. The van der Waals surface area contributed by atoms with Crippen LogP contribution in [0.15, 0.2) is 10.5 Å². The first kappa shape index (κ1) is 27.5. The Balaban J connectivity index is 0.000000567. The number of benzene rings is 1. The summed E-state index contributed by atoms with van der Waals surface area (Å²) in [5.41, 5.74) is -0.232. The van der Waals surface area contributed by atoms with Crippen LogP contribution in [0, 0.1) is 11.3 Å². The molecule has 9 nitrogen and oxygen atoms in total. The second-order valence-electron chi connectivity index (χ2n) is 7.40. The van der Waals surface area contributed by atoms with Gasteiger partial charge in [-0.05, 0) is 33.7 Å². The van der Waals surface area contributed by atoms with Gasteiger partial charge in [0.25, 0.3) is 0 Å². The Bertz CT molecular complexity index is 754. The quantitative estimate of drug-likeness (QED) is 0.463. The highest BCUT2D eigenvalue weighted by atomic mass is 79.9. The molecule has 1 atom stereocenters. The third kappa shape index (κ3) is 8.48. The summed E-state index contributed by atoms with van der Waals surface area (Å²) in [5.74, 6) is -2.31. The Kier molecular flexibility index (Phi) is 11.2. The Hall–Kier alpha value is -2.49. The smallest absolute Gasteiger partial charge is 0.343 e. The molecule has 0 saturated heterocycles. The number of aliphatic carboxylic acids is 2. The highest BCUT2D eigenvalue weighted by Crippen LogP contribution is 2.42. The van der Waals surface area contributed by atoms with Crippen molar-refractivity contribution in [2.75, 3.05) is 21.3 Å². The standard InChI is InChI=1S/C10H11BrO5.C10H18O4/c1-14-6-4-5(11)8(15-2)7(10(12)13)9(6)16-3;1-10(2,3)7(6-9(13)14)4-5-8(11)12/h4H,1-3H3,(H,12,13);7H,4-6H2,1-3H3,(H,11,12)(H,13,14). The molecule has 0 bridgehead atoms. The minimum Gasteiger partial charge on any atom is -0.495 e. The number of rotatable bonds is 9. The lowest BCUT2D eigenvalue weighted by molar-refractivity contribution is -0.141. The van der Waals surface area contributed by atoms with Crippen LogP contribution in [0.5, 0.6) is 17.2 Å². The Labute approximate surface area is 184 Å². The molecule has 1 rings (SSSR count). The van der Waals surface area contributed by atoms with Crippen molar-refractivity contribution in [1.82, 2.24) is 0 Å². The van der Waals surface area contributed by atoms with Gasteiger partial charge in [-0.15, -0.1) is 0 Å². The summed E-state index contributed by atoms with van der Waals surface area (Å²) in [7, 11) is 4.19. The molecular formula is C20H29BrO9. The number of carboxylic acids is 3. The first-order valence-electron chi connectivity index (χ1n) is 8.95. The predicted molar refractivity (Wildman–Crippen MR) is 113 cm³/mol. The van der Waals surface area contributed by atoms with Crippen LogP contribution in [0.1, 0.15) is 50.4 Å². The summed E-state index contributed by atoms with van der Waals surface area (Å²) < 4.78 is 15.6. The summed E-state index contributed by atoms with van der Waals surface area (Å²) in [4.78, 5) is 32.1. The van der Waals surface area contributed by atoms with E-state index in [-0.39, 0.29) is 41.2 Å². The van der Waals surface area contributed by atoms with Gasteiger partial charge in [0, 0.05) is 18.9 Å². The molecular weight excluding hydrogens is 464 g/mol. The van der Waals surface area contributed by atoms with Crippen molar-refractivity contribution in [2.45, 2.75) is 40.0 Å². The van der Waals surface area contributed by atoms with E-state index in [1.54, 1.807) is 6.07 Å². The predicted octanol–water partition coefficient (Wildman–Crippen LogP) is 4.16. The van der Waals surface area contributed by atoms with E-state index in [4.69, 9.17) is 29.5 Å². The molecule has 0 spiro atoms. The first-order valence-corrected chi connectivity index (χ1v) is 9.74. The van der Waals surface area contributed by atoms with Crippen molar-refractivity contribution < 1.29 is 43.9 Å². The first-order chi connectivity index (χ1) is 13.8. The van der Waals surface area contributed by atoms with Gasteiger partial charge in [-0.25, -0.2) is 4.79 Å². The third-order valence-corrected chi connectivity index (χ3v) is 4.94.